The summed E-state index contributed by atoms with van der Waals surface area (Å²) < 4.78 is 11.2. The number of aromatic nitrogens is 4. The van der Waals surface area contributed by atoms with Gasteiger partial charge in [-0.1, -0.05) is 11.8 Å². The van der Waals surface area contributed by atoms with Crippen molar-refractivity contribution in [3.8, 4) is 17.6 Å². The molecular formula is C29H29N7O3. The van der Waals surface area contributed by atoms with E-state index in [0.717, 1.165) is 50.0 Å². The Morgan fingerprint density at radius 2 is 1.85 bits per heavy atom. The molecule has 1 aliphatic rings. The molecule has 0 bridgehead atoms. The number of carbonyl (C=O) groups is 1. The fourth-order valence-electron chi connectivity index (χ4n) is 4.06. The van der Waals surface area contributed by atoms with E-state index >= 15 is 0 Å². The Morgan fingerprint density at radius 3 is 2.64 bits per heavy atom. The minimum absolute atomic E-state index is 0.267. The van der Waals surface area contributed by atoms with Gasteiger partial charge in [-0.05, 0) is 44.2 Å². The number of fused-ring (bicyclic) bond motifs is 1. The minimum Gasteiger partial charge on any atom is -0.492 e. The summed E-state index contributed by atoms with van der Waals surface area (Å²) in [5, 5.41) is 2.89. The van der Waals surface area contributed by atoms with E-state index in [-0.39, 0.29) is 11.7 Å². The summed E-state index contributed by atoms with van der Waals surface area (Å²) in [4.78, 5) is 32.7. The average Bonchev–Trinajstić information content (AvgIpc) is 2.95. The van der Waals surface area contributed by atoms with E-state index in [4.69, 9.17) is 15.2 Å². The number of nitrogen functional groups attached to an aromatic ring is 1. The van der Waals surface area contributed by atoms with Crippen molar-refractivity contribution < 1.29 is 14.3 Å². The van der Waals surface area contributed by atoms with Gasteiger partial charge in [0.05, 0.1) is 41.9 Å². The number of carbonyl (C=O) groups excluding carboxylic acids is 1. The lowest BCUT2D eigenvalue weighted by atomic mass is 10.1. The topological polar surface area (TPSA) is 128 Å². The van der Waals surface area contributed by atoms with Crippen LogP contribution in [0.4, 0.5) is 11.5 Å². The van der Waals surface area contributed by atoms with E-state index in [1.807, 2.05) is 26.0 Å². The summed E-state index contributed by atoms with van der Waals surface area (Å²) in [5.41, 5.74) is 11.0. The van der Waals surface area contributed by atoms with Gasteiger partial charge in [0.15, 0.2) is 0 Å². The Bertz CT molecular complexity index is 1560. The minimum atomic E-state index is -0.296. The molecule has 0 spiro atoms. The number of rotatable bonds is 6. The molecule has 0 aliphatic carbocycles. The molecule has 0 atom stereocenters. The molecule has 10 nitrogen and oxygen atoms in total. The van der Waals surface area contributed by atoms with Crippen LogP contribution >= 0.6 is 0 Å². The fraction of sp³-hybridized carbons (Fsp3) is 0.276. The smallest absolute Gasteiger partial charge is 0.257 e. The van der Waals surface area contributed by atoms with Gasteiger partial charge in [0.25, 0.3) is 5.91 Å². The Morgan fingerprint density at radius 1 is 1.08 bits per heavy atom. The predicted octanol–water partition coefficient (Wildman–Crippen LogP) is 2.98. The highest BCUT2D eigenvalue weighted by molar-refractivity contribution is 6.04. The number of aryl methyl sites for hydroxylation is 2. The second-order valence-electron chi connectivity index (χ2n) is 9.14. The van der Waals surface area contributed by atoms with Gasteiger partial charge in [-0.15, -0.1) is 0 Å². The van der Waals surface area contributed by atoms with Gasteiger partial charge in [0.1, 0.15) is 29.2 Å². The number of nitrogens with zero attached hydrogens (tertiary/aromatic N) is 5. The van der Waals surface area contributed by atoms with Crippen LogP contribution in [0.2, 0.25) is 0 Å². The molecule has 1 aromatic carbocycles. The molecule has 0 radical (unpaired) electrons. The number of amides is 1. The monoisotopic (exact) mass is 523 g/mol. The molecule has 1 fully saturated rings. The lowest BCUT2D eigenvalue weighted by molar-refractivity contribution is 0.0322. The molecule has 0 saturated carbocycles. The molecule has 39 heavy (non-hydrogen) atoms. The van der Waals surface area contributed by atoms with Crippen LogP contribution in [-0.2, 0) is 4.74 Å². The number of nitrogens with two attached hydrogens (primary N) is 1. The number of hydrogen-bond donors (Lipinski definition) is 2. The Balaban J connectivity index is 1.24. The maximum Gasteiger partial charge on any atom is 0.257 e. The Hall–Kier alpha value is -4.59. The predicted molar refractivity (Wildman–Crippen MR) is 149 cm³/mol. The van der Waals surface area contributed by atoms with Crippen LogP contribution in [0.1, 0.15) is 32.9 Å². The average molecular weight is 524 g/mol. The Kier molecular flexibility index (Phi) is 7.91. The van der Waals surface area contributed by atoms with E-state index in [1.165, 1.54) is 6.20 Å². The van der Waals surface area contributed by atoms with E-state index in [2.05, 4.69) is 42.0 Å². The number of pyridine rings is 2. The van der Waals surface area contributed by atoms with Gasteiger partial charge < -0.3 is 20.5 Å². The normalized spacial score (nSPS) is 13.5. The zero-order chi connectivity index (χ0) is 27.2. The van der Waals surface area contributed by atoms with Crippen LogP contribution < -0.4 is 15.8 Å². The van der Waals surface area contributed by atoms with Crippen molar-refractivity contribution in [3.63, 3.8) is 0 Å². The highest BCUT2D eigenvalue weighted by atomic mass is 16.5. The van der Waals surface area contributed by atoms with Crippen LogP contribution in [0.3, 0.4) is 0 Å². The van der Waals surface area contributed by atoms with Crippen molar-refractivity contribution in [3.05, 3.63) is 77.0 Å². The first-order valence-electron chi connectivity index (χ1n) is 12.7. The maximum absolute atomic E-state index is 12.9. The van der Waals surface area contributed by atoms with Crippen molar-refractivity contribution in [2.45, 2.75) is 13.8 Å². The van der Waals surface area contributed by atoms with Crippen molar-refractivity contribution >= 4 is 28.4 Å². The third-order valence-corrected chi connectivity index (χ3v) is 6.38. The number of benzene rings is 1. The van der Waals surface area contributed by atoms with E-state index in [9.17, 15) is 4.79 Å². The summed E-state index contributed by atoms with van der Waals surface area (Å²) in [6.07, 6.45) is 4.67. The highest BCUT2D eigenvalue weighted by Crippen LogP contribution is 2.20. The quantitative estimate of drug-likeness (QED) is 0.367. The van der Waals surface area contributed by atoms with Gasteiger partial charge in [-0.2, -0.15) is 0 Å². The standard InChI is InChI=1S/C29H29N7O3/c1-19-20(2)34-27-25(28(30)32-18-26(27)33-19)8-3-21-15-22(17-31-16-21)29(37)35-23-4-6-24(7-5-23)39-14-11-36-9-12-38-13-10-36/h4-7,15-18H,9-14H2,1-2H3,(H2,30,32)(H,35,37). The highest BCUT2D eigenvalue weighted by Gasteiger charge is 2.12. The van der Waals surface area contributed by atoms with Gasteiger partial charge in [0, 0.05) is 43.3 Å². The molecule has 1 amide bonds. The molecular weight excluding hydrogens is 494 g/mol. The first kappa shape index (κ1) is 26.0. The number of ether oxygens (including phenoxy) is 2. The molecule has 0 unspecified atom stereocenters. The van der Waals surface area contributed by atoms with E-state index < -0.39 is 0 Å². The summed E-state index contributed by atoms with van der Waals surface area (Å²) in [6, 6.07) is 8.96. The van der Waals surface area contributed by atoms with Crippen LogP contribution in [0.15, 0.2) is 48.9 Å². The molecule has 1 aliphatic heterocycles. The third kappa shape index (κ3) is 6.46. The summed E-state index contributed by atoms with van der Waals surface area (Å²) in [5.74, 6) is 6.79. The van der Waals surface area contributed by atoms with Crippen molar-refractivity contribution in [1.82, 2.24) is 24.8 Å². The van der Waals surface area contributed by atoms with Crippen LogP contribution in [0.5, 0.6) is 5.75 Å². The number of morpholine rings is 1. The van der Waals surface area contributed by atoms with Crippen molar-refractivity contribution in [2.75, 3.05) is 50.5 Å². The third-order valence-electron chi connectivity index (χ3n) is 6.38. The van der Waals surface area contributed by atoms with Gasteiger partial charge >= 0.3 is 0 Å². The zero-order valence-electron chi connectivity index (χ0n) is 21.9. The van der Waals surface area contributed by atoms with Crippen molar-refractivity contribution in [1.29, 1.82) is 0 Å². The SMILES string of the molecule is Cc1nc2cnc(N)c(C#Cc3cncc(C(=O)Nc4ccc(OCCN5CCOCC5)cc4)c3)c2nc1C. The molecule has 3 aromatic heterocycles. The zero-order valence-corrected chi connectivity index (χ0v) is 21.9. The Labute approximate surface area is 226 Å². The van der Waals surface area contributed by atoms with E-state index in [1.54, 1.807) is 30.6 Å². The van der Waals surface area contributed by atoms with E-state index in [0.29, 0.717) is 40.0 Å². The number of anilines is 2. The van der Waals surface area contributed by atoms with Crippen molar-refractivity contribution in [2.24, 2.45) is 0 Å². The number of hydrogen-bond acceptors (Lipinski definition) is 9. The lowest BCUT2D eigenvalue weighted by Crippen LogP contribution is -2.38. The van der Waals surface area contributed by atoms with Gasteiger partial charge in [0.2, 0.25) is 0 Å². The first-order valence-corrected chi connectivity index (χ1v) is 12.7. The summed E-state index contributed by atoms with van der Waals surface area (Å²) in [7, 11) is 0. The molecule has 3 N–H and O–H groups in total. The largest absolute Gasteiger partial charge is 0.492 e. The number of nitrogens with one attached hydrogen (secondary N) is 1. The van der Waals surface area contributed by atoms with Crippen LogP contribution in [0, 0.1) is 25.7 Å². The van der Waals surface area contributed by atoms with Gasteiger partial charge in [-0.25, -0.2) is 15.0 Å². The van der Waals surface area contributed by atoms with Crippen LogP contribution in [0.25, 0.3) is 11.0 Å². The molecule has 10 heteroatoms. The second kappa shape index (κ2) is 11.9. The van der Waals surface area contributed by atoms with Gasteiger partial charge in [-0.3, -0.25) is 14.7 Å². The second-order valence-corrected chi connectivity index (χ2v) is 9.14. The lowest BCUT2D eigenvalue weighted by Gasteiger charge is -2.26. The maximum atomic E-state index is 12.9. The summed E-state index contributed by atoms with van der Waals surface area (Å²) in [6.45, 7) is 8.62. The van der Waals surface area contributed by atoms with Crippen LogP contribution in [-0.4, -0.2) is 70.2 Å². The molecule has 4 heterocycles. The molecule has 4 aromatic rings. The first-order chi connectivity index (χ1) is 19.0. The fourth-order valence-corrected chi connectivity index (χ4v) is 4.06. The molecule has 198 valence electrons. The molecule has 1 saturated heterocycles. The summed E-state index contributed by atoms with van der Waals surface area (Å²) >= 11 is 0. The molecule has 5 rings (SSSR count).